The fourth-order valence-electron chi connectivity index (χ4n) is 2.00. The molecule has 2 nitrogen and oxygen atoms in total. The molecule has 0 saturated carbocycles. The lowest BCUT2D eigenvalue weighted by Crippen LogP contribution is -2.18. The van der Waals surface area contributed by atoms with Crippen LogP contribution < -0.4 is 4.90 Å². The normalized spacial score (nSPS) is 11.7. The van der Waals surface area contributed by atoms with E-state index in [-0.39, 0.29) is 10.9 Å². The van der Waals surface area contributed by atoms with E-state index in [0.29, 0.717) is 12.2 Å². The molecule has 0 saturated heterocycles. The van der Waals surface area contributed by atoms with Gasteiger partial charge in [-0.2, -0.15) is 13.2 Å². The Balaban J connectivity index is 2.27. The van der Waals surface area contributed by atoms with Crippen molar-refractivity contribution in [1.29, 1.82) is 0 Å². The summed E-state index contributed by atoms with van der Waals surface area (Å²) in [5, 5.41) is 3.05. The molecular formula is C14H14BrF3N2S. The van der Waals surface area contributed by atoms with E-state index >= 15 is 0 Å². The number of rotatable bonds is 4. The molecule has 0 N–H and O–H groups in total. The minimum Gasteiger partial charge on any atom is -0.369 e. The van der Waals surface area contributed by atoms with Crippen molar-refractivity contribution in [3.8, 4) is 0 Å². The van der Waals surface area contributed by atoms with Crippen molar-refractivity contribution in [3.05, 3.63) is 45.4 Å². The first-order valence-electron chi connectivity index (χ1n) is 6.19. The molecule has 1 aromatic heterocycles. The zero-order valence-corrected chi connectivity index (χ0v) is 13.9. The van der Waals surface area contributed by atoms with E-state index in [9.17, 15) is 13.2 Å². The maximum atomic E-state index is 13.1. The average Bonchev–Trinajstić information content (AvgIpc) is 2.82. The van der Waals surface area contributed by atoms with Gasteiger partial charge in [0.15, 0.2) is 0 Å². The van der Waals surface area contributed by atoms with Crippen LogP contribution in [0.3, 0.4) is 0 Å². The van der Waals surface area contributed by atoms with Crippen LogP contribution in [0.2, 0.25) is 0 Å². The lowest BCUT2D eigenvalue weighted by Gasteiger charge is -2.21. The summed E-state index contributed by atoms with van der Waals surface area (Å²) in [5.41, 5.74) is 1.03. The number of anilines is 1. The number of halogens is 4. The van der Waals surface area contributed by atoms with Crippen LogP contribution in [0.5, 0.6) is 0 Å². The molecule has 0 spiro atoms. The molecule has 0 radical (unpaired) electrons. The summed E-state index contributed by atoms with van der Waals surface area (Å²) < 4.78 is 39.2. The van der Waals surface area contributed by atoms with Gasteiger partial charge in [-0.25, -0.2) is 4.98 Å². The molecule has 0 unspecified atom stereocenters. The molecule has 0 aliphatic carbocycles. The molecule has 0 fully saturated rings. The Morgan fingerprint density at radius 3 is 2.57 bits per heavy atom. The third kappa shape index (κ3) is 3.97. The van der Waals surface area contributed by atoms with Gasteiger partial charge < -0.3 is 4.90 Å². The Kier molecular flexibility index (Phi) is 4.93. The van der Waals surface area contributed by atoms with Crippen molar-refractivity contribution in [3.63, 3.8) is 0 Å². The highest BCUT2D eigenvalue weighted by Crippen LogP contribution is 2.35. The summed E-state index contributed by atoms with van der Waals surface area (Å²) in [6, 6.07) is 4.40. The fourth-order valence-corrected chi connectivity index (χ4v) is 3.09. The molecule has 0 aliphatic rings. The first-order chi connectivity index (χ1) is 9.81. The Hall–Kier alpha value is -1.08. The van der Waals surface area contributed by atoms with E-state index < -0.39 is 11.7 Å². The number of hydrogen-bond donors (Lipinski definition) is 0. The first-order valence-corrected chi connectivity index (χ1v) is 8.19. The molecule has 0 bridgehead atoms. The Morgan fingerprint density at radius 2 is 2.05 bits per heavy atom. The van der Waals surface area contributed by atoms with E-state index in [1.807, 2.05) is 12.3 Å². The number of alkyl halides is 4. The summed E-state index contributed by atoms with van der Waals surface area (Å²) in [4.78, 5) is 6.09. The number of aryl methyl sites for hydroxylation is 1. The Morgan fingerprint density at radius 1 is 1.33 bits per heavy atom. The quantitative estimate of drug-likeness (QED) is 0.695. The van der Waals surface area contributed by atoms with Gasteiger partial charge >= 0.3 is 6.18 Å². The standard InChI is InChI=1S/C14H14BrF3N2S/c1-9-19-11(8-21-9)7-20(2)12-4-3-10(6-15)13(5-12)14(16,17)18/h3-5,8H,6-7H2,1-2H3. The van der Waals surface area contributed by atoms with Gasteiger partial charge in [0.25, 0.3) is 0 Å². The minimum absolute atomic E-state index is 0.178. The summed E-state index contributed by atoms with van der Waals surface area (Å²) >= 11 is 4.63. The molecule has 2 aromatic rings. The summed E-state index contributed by atoms with van der Waals surface area (Å²) in [6.07, 6.45) is -4.35. The topological polar surface area (TPSA) is 16.1 Å². The molecule has 0 aliphatic heterocycles. The largest absolute Gasteiger partial charge is 0.416 e. The summed E-state index contributed by atoms with van der Waals surface area (Å²) in [5.74, 6) is 0. The van der Waals surface area contributed by atoms with Crippen LogP contribution in [0.25, 0.3) is 0 Å². The molecule has 114 valence electrons. The predicted octanol–water partition coefficient (Wildman–Crippen LogP) is 5.00. The van der Waals surface area contributed by atoms with Crippen molar-refractivity contribution >= 4 is 33.0 Å². The third-order valence-electron chi connectivity index (χ3n) is 3.05. The molecular weight excluding hydrogens is 365 g/mol. The zero-order chi connectivity index (χ0) is 15.6. The van der Waals surface area contributed by atoms with Crippen LogP contribution in [0.1, 0.15) is 21.8 Å². The third-order valence-corrected chi connectivity index (χ3v) is 4.48. The number of nitrogens with zero attached hydrogens (tertiary/aromatic N) is 2. The van der Waals surface area contributed by atoms with Gasteiger partial charge in [-0.3, -0.25) is 0 Å². The minimum atomic E-state index is -4.35. The van der Waals surface area contributed by atoms with Crippen LogP contribution in [-0.4, -0.2) is 12.0 Å². The Bertz CT molecular complexity index is 625. The Labute approximate surface area is 133 Å². The number of aromatic nitrogens is 1. The van der Waals surface area contributed by atoms with Crippen LogP contribution in [0.4, 0.5) is 18.9 Å². The highest BCUT2D eigenvalue weighted by atomic mass is 79.9. The van der Waals surface area contributed by atoms with Gasteiger partial charge in [-0.15, -0.1) is 11.3 Å². The second kappa shape index (κ2) is 6.36. The van der Waals surface area contributed by atoms with Crippen LogP contribution in [0, 0.1) is 6.92 Å². The fraction of sp³-hybridized carbons (Fsp3) is 0.357. The van der Waals surface area contributed by atoms with E-state index in [1.54, 1.807) is 18.0 Å². The first kappa shape index (κ1) is 16.3. The lowest BCUT2D eigenvalue weighted by atomic mass is 10.1. The van der Waals surface area contributed by atoms with E-state index in [2.05, 4.69) is 20.9 Å². The van der Waals surface area contributed by atoms with Gasteiger partial charge in [0.05, 0.1) is 22.8 Å². The van der Waals surface area contributed by atoms with Crippen molar-refractivity contribution in [1.82, 2.24) is 4.98 Å². The van der Waals surface area contributed by atoms with Gasteiger partial charge in [0.2, 0.25) is 0 Å². The van der Waals surface area contributed by atoms with Crippen LogP contribution in [0.15, 0.2) is 23.6 Å². The molecule has 0 amide bonds. The van der Waals surface area contributed by atoms with E-state index in [4.69, 9.17) is 0 Å². The molecule has 7 heteroatoms. The maximum absolute atomic E-state index is 13.1. The molecule has 21 heavy (non-hydrogen) atoms. The van der Waals surface area contributed by atoms with Crippen molar-refractivity contribution in [2.45, 2.75) is 25.0 Å². The maximum Gasteiger partial charge on any atom is 0.416 e. The monoisotopic (exact) mass is 378 g/mol. The van der Waals surface area contributed by atoms with E-state index in [0.717, 1.165) is 10.7 Å². The summed E-state index contributed by atoms with van der Waals surface area (Å²) in [6.45, 7) is 2.38. The van der Waals surface area contributed by atoms with Crippen molar-refractivity contribution in [2.24, 2.45) is 0 Å². The van der Waals surface area contributed by atoms with E-state index in [1.165, 1.54) is 23.5 Å². The number of benzene rings is 1. The number of thiazole rings is 1. The van der Waals surface area contributed by atoms with Gasteiger partial charge in [-0.1, -0.05) is 22.0 Å². The molecule has 1 aromatic carbocycles. The zero-order valence-electron chi connectivity index (χ0n) is 11.5. The number of hydrogen-bond acceptors (Lipinski definition) is 3. The predicted molar refractivity (Wildman–Crippen MR) is 83.0 cm³/mol. The lowest BCUT2D eigenvalue weighted by molar-refractivity contribution is -0.138. The van der Waals surface area contributed by atoms with Crippen LogP contribution >= 0.6 is 27.3 Å². The van der Waals surface area contributed by atoms with Crippen molar-refractivity contribution in [2.75, 3.05) is 11.9 Å². The smallest absolute Gasteiger partial charge is 0.369 e. The molecule has 2 rings (SSSR count). The van der Waals surface area contributed by atoms with Gasteiger partial charge in [0.1, 0.15) is 0 Å². The molecule has 0 atom stereocenters. The molecule has 1 heterocycles. The van der Waals surface area contributed by atoms with Gasteiger partial charge in [0, 0.05) is 23.4 Å². The van der Waals surface area contributed by atoms with Crippen molar-refractivity contribution < 1.29 is 13.2 Å². The van der Waals surface area contributed by atoms with Crippen LogP contribution in [-0.2, 0) is 18.1 Å². The second-order valence-corrected chi connectivity index (χ2v) is 6.31. The highest BCUT2D eigenvalue weighted by Gasteiger charge is 2.33. The summed E-state index contributed by atoms with van der Waals surface area (Å²) in [7, 11) is 1.76. The SMILES string of the molecule is Cc1nc(CN(C)c2ccc(CBr)c(C(F)(F)F)c2)cs1. The second-order valence-electron chi connectivity index (χ2n) is 4.69. The average molecular weight is 379 g/mol. The highest BCUT2D eigenvalue weighted by molar-refractivity contribution is 9.08. The van der Waals surface area contributed by atoms with Gasteiger partial charge in [-0.05, 0) is 24.6 Å².